The zero-order valence-corrected chi connectivity index (χ0v) is 19.9. The van der Waals surface area contributed by atoms with Gasteiger partial charge in [0.1, 0.15) is 0 Å². The number of hydrogen-bond donors (Lipinski definition) is 1. The molecule has 0 saturated heterocycles. The Morgan fingerprint density at radius 2 is 1.70 bits per heavy atom. The first kappa shape index (κ1) is 22.9. The molecule has 0 radical (unpaired) electrons. The van der Waals surface area contributed by atoms with Crippen LogP contribution < -0.4 is 14.8 Å². The molecular formula is C28H32N2O3. The Hall–Kier alpha value is -3.31. The third kappa shape index (κ3) is 5.04. The quantitative estimate of drug-likeness (QED) is 0.566. The van der Waals surface area contributed by atoms with Gasteiger partial charge >= 0.3 is 0 Å². The fraction of sp³-hybridized carbons (Fsp3) is 0.321. The zero-order valence-electron chi connectivity index (χ0n) is 19.9. The highest BCUT2D eigenvalue weighted by molar-refractivity contribution is 5.95. The molecule has 1 amide bonds. The summed E-state index contributed by atoms with van der Waals surface area (Å²) in [6, 6.07) is 20.5. The Balaban J connectivity index is 1.63. The number of fused-ring (bicyclic) bond motifs is 1. The third-order valence-corrected chi connectivity index (χ3v) is 6.47. The smallest absolute Gasteiger partial charge is 0.251 e. The normalized spacial score (nSPS) is 15.6. The van der Waals surface area contributed by atoms with Crippen LogP contribution in [0.2, 0.25) is 0 Å². The van der Waals surface area contributed by atoms with Crippen LogP contribution in [0.5, 0.6) is 11.5 Å². The highest BCUT2D eigenvalue weighted by Gasteiger charge is 2.29. The fourth-order valence-corrected chi connectivity index (χ4v) is 4.55. The number of methoxy groups -OCH3 is 2. The minimum Gasteiger partial charge on any atom is -0.493 e. The number of amides is 1. The maximum atomic E-state index is 13.0. The number of ether oxygens (including phenoxy) is 2. The molecule has 0 spiro atoms. The molecule has 1 aliphatic rings. The van der Waals surface area contributed by atoms with E-state index < -0.39 is 0 Å². The Morgan fingerprint density at radius 1 is 1.00 bits per heavy atom. The van der Waals surface area contributed by atoms with Gasteiger partial charge in [0.05, 0.1) is 20.3 Å². The molecule has 172 valence electrons. The van der Waals surface area contributed by atoms with Gasteiger partial charge in [-0.1, -0.05) is 48.0 Å². The van der Waals surface area contributed by atoms with E-state index in [1.54, 1.807) is 14.2 Å². The number of aryl methyl sites for hydroxylation is 2. The zero-order chi connectivity index (χ0) is 23.4. The van der Waals surface area contributed by atoms with Crippen molar-refractivity contribution in [2.24, 2.45) is 0 Å². The van der Waals surface area contributed by atoms with Crippen LogP contribution in [0.3, 0.4) is 0 Å². The van der Waals surface area contributed by atoms with Crippen molar-refractivity contribution in [3.63, 3.8) is 0 Å². The summed E-state index contributed by atoms with van der Waals surface area (Å²) in [5.74, 6) is 1.41. The first-order chi connectivity index (χ1) is 16.0. The van der Waals surface area contributed by atoms with Gasteiger partial charge in [-0.25, -0.2) is 0 Å². The lowest BCUT2D eigenvalue weighted by Gasteiger charge is -2.38. The summed E-state index contributed by atoms with van der Waals surface area (Å²) < 4.78 is 11.1. The predicted octanol–water partition coefficient (Wildman–Crippen LogP) is 4.85. The largest absolute Gasteiger partial charge is 0.493 e. The van der Waals surface area contributed by atoms with Gasteiger partial charge in [-0.2, -0.15) is 0 Å². The Morgan fingerprint density at radius 3 is 2.39 bits per heavy atom. The molecule has 5 heteroatoms. The van der Waals surface area contributed by atoms with Gasteiger partial charge in [0.2, 0.25) is 0 Å². The van der Waals surface area contributed by atoms with Crippen molar-refractivity contribution in [1.82, 2.24) is 10.2 Å². The molecule has 0 aliphatic carbocycles. The van der Waals surface area contributed by atoms with Gasteiger partial charge in [0.25, 0.3) is 5.91 Å². The first-order valence-corrected chi connectivity index (χ1v) is 11.4. The molecule has 3 aromatic rings. The number of carbonyl (C=O) groups is 1. The Kier molecular flexibility index (Phi) is 6.99. The Labute approximate surface area is 196 Å². The molecule has 0 bridgehead atoms. The Bertz CT molecular complexity index is 1120. The van der Waals surface area contributed by atoms with Crippen LogP contribution in [0, 0.1) is 13.8 Å². The van der Waals surface area contributed by atoms with Crippen molar-refractivity contribution in [2.75, 3.05) is 27.3 Å². The number of hydrogen-bond acceptors (Lipinski definition) is 4. The second-order valence-electron chi connectivity index (χ2n) is 8.65. The van der Waals surface area contributed by atoms with Crippen molar-refractivity contribution >= 4 is 5.91 Å². The molecule has 5 nitrogen and oxygen atoms in total. The fourth-order valence-electron chi connectivity index (χ4n) is 4.55. The van der Waals surface area contributed by atoms with Gasteiger partial charge < -0.3 is 14.8 Å². The molecule has 1 N–H and O–H groups in total. The summed E-state index contributed by atoms with van der Waals surface area (Å²) in [6.07, 6.45) is 0.920. The lowest BCUT2D eigenvalue weighted by atomic mass is 9.91. The highest BCUT2D eigenvalue weighted by atomic mass is 16.5. The van der Waals surface area contributed by atoms with Crippen molar-refractivity contribution in [3.05, 3.63) is 94.0 Å². The molecule has 0 saturated carbocycles. The van der Waals surface area contributed by atoms with Crippen LogP contribution in [0.4, 0.5) is 0 Å². The van der Waals surface area contributed by atoms with Crippen molar-refractivity contribution in [1.29, 1.82) is 0 Å². The minimum atomic E-state index is -0.0454. The van der Waals surface area contributed by atoms with Gasteiger partial charge in [-0.05, 0) is 60.7 Å². The van der Waals surface area contributed by atoms with Crippen molar-refractivity contribution in [2.45, 2.75) is 32.9 Å². The molecule has 4 rings (SSSR count). The molecule has 3 aromatic carbocycles. The third-order valence-electron chi connectivity index (χ3n) is 6.47. The number of nitrogens with one attached hydrogen (secondary N) is 1. The predicted molar refractivity (Wildman–Crippen MR) is 131 cm³/mol. The number of rotatable bonds is 7. The van der Waals surface area contributed by atoms with E-state index in [1.807, 2.05) is 31.2 Å². The monoisotopic (exact) mass is 444 g/mol. The number of nitrogens with zero attached hydrogens (tertiary/aromatic N) is 1. The topological polar surface area (TPSA) is 50.8 Å². The molecule has 1 unspecified atom stereocenters. The van der Waals surface area contributed by atoms with E-state index >= 15 is 0 Å². The molecule has 0 aromatic heterocycles. The second-order valence-corrected chi connectivity index (χ2v) is 8.65. The lowest BCUT2D eigenvalue weighted by Crippen LogP contribution is -2.42. The SMILES string of the molecule is COc1cc2c(cc1OC)C(CNC(=O)c1ccccc1C)N(Cc1ccc(C)cc1)CC2. The van der Waals surface area contributed by atoms with Gasteiger partial charge in [-0.15, -0.1) is 0 Å². The molecule has 1 aliphatic heterocycles. The van der Waals surface area contributed by atoms with Gasteiger partial charge in [-0.3, -0.25) is 9.69 Å². The average Bonchev–Trinajstić information content (AvgIpc) is 2.83. The van der Waals surface area contributed by atoms with Crippen LogP contribution in [-0.4, -0.2) is 38.1 Å². The van der Waals surface area contributed by atoms with Crippen molar-refractivity contribution in [3.8, 4) is 11.5 Å². The summed E-state index contributed by atoms with van der Waals surface area (Å²) >= 11 is 0. The number of carbonyl (C=O) groups excluding carboxylic acids is 1. The second kappa shape index (κ2) is 10.1. The summed E-state index contributed by atoms with van der Waals surface area (Å²) in [4.78, 5) is 15.4. The van der Waals surface area contributed by atoms with Crippen LogP contribution in [0.15, 0.2) is 60.7 Å². The molecular weight excluding hydrogens is 412 g/mol. The van der Waals surface area contributed by atoms with Crippen LogP contribution >= 0.6 is 0 Å². The highest BCUT2D eigenvalue weighted by Crippen LogP contribution is 2.38. The van der Waals surface area contributed by atoms with E-state index in [0.717, 1.165) is 30.8 Å². The van der Waals surface area contributed by atoms with Crippen molar-refractivity contribution < 1.29 is 14.3 Å². The summed E-state index contributed by atoms with van der Waals surface area (Å²) in [5.41, 5.74) is 6.62. The average molecular weight is 445 g/mol. The summed E-state index contributed by atoms with van der Waals surface area (Å²) in [6.45, 7) is 6.30. The van der Waals surface area contributed by atoms with E-state index in [1.165, 1.54) is 22.3 Å². The van der Waals surface area contributed by atoms with E-state index in [4.69, 9.17) is 9.47 Å². The maximum absolute atomic E-state index is 13.0. The molecule has 0 fully saturated rings. The van der Waals surface area contributed by atoms with E-state index in [-0.39, 0.29) is 11.9 Å². The maximum Gasteiger partial charge on any atom is 0.251 e. The van der Waals surface area contributed by atoms with Crippen LogP contribution in [0.25, 0.3) is 0 Å². The molecule has 1 atom stereocenters. The van der Waals surface area contributed by atoms with E-state index in [2.05, 4.69) is 53.5 Å². The van der Waals surface area contributed by atoms with E-state index in [9.17, 15) is 4.79 Å². The molecule has 1 heterocycles. The minimum absolute atomic E-state index is 0.0304. The summed E-state index contributed by atoms with van der Waals surface area (Å²) in [5, 5.41) is 3.19. The van der Waals surface area contributed by atoms with Crippen LogP contribution in [-0.2, 0) is 13.0 Å². The van der Waals surface area contributed by atoms with Gasteiger partial charge in [0, 0.05) is 25.2 Å². The lowest BCUT2D eigenvalue weighted by molar-refractivity contribution is 0.0925. The number of benzene rings is 3. The molecule has 33 heavy (non-hydrogen) atoms. The van der Waals surface area contributed by atoms with E-state index in [0.29, 0.717) is 17.9 Å². The standard InChI is InChI=1S/C28H32N2O3/c1-19-9-11-21(12-10-19)18-30-14-13-22-15-26(32-3)27(33-4)16-24(22)25(30)17-29-28(31)23-8-6-5-7-20(23)2/h5-12,15-16,25H,13-14,17-18H2,1-4H3,(H,29,31). The summed E-state index contributed by atoms with van der Waals surface area (Å²) in [7, 11) is 3.32. The first-order valence-electron chi connectivity index (χ1n) is 11.4. The van der Waals surface area contributed by atoms with Gasteiger partial charge in [0.15, 0.2) is 11.5 Å². The van der Waals surface area contributed by atoms with Crippen LogP contribution in [0.1, 0.15) is 44.2 Å².